The number of allylic oxidation sites excluding steroid dienone is 2. The topological polar surface area (TPSA) is 0 Å². The van der Waals surface area contributed by atoms with E-state index >= 15 is 0 Å². The molecule has 0 heterocycles. The van der Waals surface area contributed by atoms with E-state index in [0.29, 0.717) is 0 Å². The zero-order valence-electron chi connectivity index (χ0n) is 99.4. The van der Waals surface area contributed by atoms with Gasteiger partial charge in [0.05, 0.1) is 0 Å². The van der Waals surface area contributed by atoms with Crippen molar-refractivity contribution in [3.63, 3.8) is 0 Å². The van der Waals surface area contributed by atoms with Crippen molar-refractivity contribution in [3.8, 4) is 0 Å². The molecule has 140 heavy (non-hydrogen) atoms. The number of hydrogen-bond acceptors (Lipinski definition) is 0. The minimum Gasteiger partial charge on any atom is -0.103 e. The summed E-state index contributed by atoms with van der Waals surface area (Å²) in [7, 11) is 0. The fraction of sp³-hybridized carbons (Fsp3) is 0.971. The van der Waals surface area contributed by atoms with Gasteiger partial charge in [-0.3, -0.25) is 0 Å². The molecule has 0 aromatic carbocycles. The van der Waals surface area contributed by atoms with E-state index < -0.39 is 0 Å². The van der Waals surface area contributed by atoms with Crippen molar-refractivity contribution < 1.29 is 0 Å². The highest BCUT2D eigenvalue weighted by molar-refractivity contribution is 4.74. The van der Waals surface area contributed by atoms with Crippen LogP contribution < -0.4 is 0 Å². The van der Waals surface area contributed by atoms with Crippen molar-refractivity contribution in [2.75, 3.05) is 0 Å². The minimum absolute atomic E-state index is 0.951. The van der Waals surface area contributed by atoms with E-state index in [1.54, 1.807) is 38.5 Å². The molecule has 838 valence electrons. The molecule has 0 aromatic heterocycles. The van der Waals surface area contributed by atoms with Gasteiger partial charge in [0, 0.05) is 0 Å². The van der Waals surface area contributed by atoms with Crippen molar-refractivity contribution >= 4 is 0 Å². The third-order valence-corrected chi connectivity index (χ3v) is 34.9. The predicted octanol–water partition coefficient (Wildman–Crippen LogP) is 53.8. The Kier molecular flexibility index (Phi) is 130. The molecule has 0 nitrogen and oxygen atoms in total. The third-order valence-electron chi connectivity index (χ3n) is 34.9. The molecule has 0 spiro atoms. The Balaban J connectivity index is 4.74. The molecule has 0 aliphatic heterocycles. The van der Waals surface area contributed by atoms with Crippen LogP contribution in [-0.2, 0) is 0 Å². The van der Waals surface area contributed by atoms with Gasteiger partial charge in [0.2, 0.25) is 0 Å². The lowest BCUT2D eigenvalue weighted by Crippen LogP contribution is -2.07. The van der Waals surface area contributed by atoms with E-state index in [1.807, 2.05) is 0 Å². The molecule has 0 radical (unpaired) electrons. The van der Waals surface area contributed by atoms with Gasteiger partial charge in [-0.15, -0.1) is 13.2 Å². The lowest BCUT2D eigenvalue weighted by atomic mass is 9.84. The second-order valence-corrected chi connectivity index (χ2v) is 49.0. The zero-order valence-corrected chi connectivity index (χ0v) is 99.4. The Morgan fingerprint density at radius 3 is 0.243 bits per heavy atom. The second kappa shape index (κ2) is 131. The number of rotatable bonds is 133. The van der Waals surface area contributed by atoms with Crippen LogP contribution in [0.2, 0.25) is 0 Å². The van der Waals surface area contributed by atoms with Gasteiger partial charge in [-0.05, 0) is 49.4 Å². The van der Waals surface area contributed by atoms with Gasteiger partial charge in [0.25, 0.3) is 0 Å². The van der Waals surface area contributed by atoms with E-state index in [2.05, 4.69) is 53.0 Å². The average molecular weight is 1960 g/mol. The third kappa shape index (κ3) is 123. The lowest BCUT2D eigenvalue weighted by Gasteiger charge is -2.22. The molecule has 0 heteroatoms. The second-order valence-electron chi connectivity index (χ2n) is 49.0. The van der Waals surface area contributed by atoms with Crippen molar-refractivity contribution in [2.45, 2.75) is 850 Å². The molecule has 0 bridgehead atoms. The largest absolute Gasteiger partial charge is 0.103 e. The highest BCUT2D eigenvalue weighted by Crippen LogP contribution is 2.34. The molecular formula is C140H278. The van der Waals surface area contributed by atoms with E-state index in [4.69, 9.17) is 0 Å². The Morgan fingerprint density at radius 1 is 0.0929 bits per heavy atom. The molecule has 0 saturated heterocycles. The number of unbranched alkanes of at least 4 members (excludes halogenated alkanes) is 108. The van der Waals surface area contributed by atoms with Crippen molar-refractivity contribution in [3.05, 3.63) is 25.3 Å². The van der Waals surface area contributed by atoms with Crippen LogP contribution in [0, 0.1) is 23.7 Å². The van der Waals surface area contributed by atoms with E-state index in [9.17, 15) is 0 Å². The SMILES string of the molecule is C=CCCC(CCCCCCCCCCCCCCC)CCCCCCCCCCCCCCCCCCCCCCCCCCC(CCCCCCCCCCCCCCCCCCCCCC)CCC(CCCCCCCCCCCCCCCCC)CCCCCCCCCCCCCCCCCCCCC(CCC=C)CCCCCCCCCCCCCCCCCCCCCCCCCC. The van der Waals surface area contributed by atoms with E-state index in [-0.39, 0.29) is 0 Å². The molecule has 0 saturated carbocycles. The summed E-state index contributed by atoms with van der Waals surface area (Å²) in [5, 5.41) is 0. The lowest BCUT2D eigenvalue weighted by molar-refractivity contribution is 0.308. The van der Waals surface area contributed by atoms with Gasteiger partial charge in [0.1, 0.15) is 0 Å². The monoisotopic (exact) mass is 1960 g/mol. The first kappa shape index (κ1) is 139. The quantitative estimate of drug-likeness (QED) is 0.0421. The highest BCUT2D eigenvalue weighted by Gasteiger charge is 2.17. The summed E-state index contributed by atoms with van der Waals surface area (Å²) in [5.41, 5.74) is 0. The molecule has 4 unspecified atom stereocenters. The van der Waals surface area contributed by atoms with Crippen LogP contribution in [-0.4, -0.2) is 0 Å². The molecular weight excluding hydrogens is 1680 g/mol. The minimum atomic E-state index is 0.951. The number of hydrogen-bond donors (Lipinski definition) is 0. The maximum atomic E-state index is 4.10. The molecule has 0 fully saturated rings. The maximum absolute atomic E-state index is 4.10. The highest BCUT2D eigenvalue weighted by atomic mass is 14.2. The maximum Gasteiger partial charge on any atom is -0.0351 e. The summed E-state index contributed by atoms with van der Waals surface area (Å²) in [6, 6.07) is 0. The molecule has 0 aliphatic rings. The first-order valence-corrected chi connectivity index (χ1v) is 68.9. The van der Waals surface area contributed by atoms with Gasteiger partial charge in [0.15, 0.2) is 0 Å². The van der Waals surface area contributed by atoms with Crippen molar-refractivity contribution in [1.29, 1.82) is 0 Å². The first-order valence-electron chi connectivity index (χ1n) is 68.9. The predicted molar refractivity (Wildman–Crippen MR) is 648 cm³/mol. The Bertz CT molecular complexity index is 2100. The van der Waals surface area contributed by atoms with Crippen molar-refractivity contribution in [1.82, 2.24) is 0 Å². The average Bonchev–Trinajstić information content (AvgIpc) is 1.70. The summed E-state index contributed by atoms with van der Waals surface area (Å²) in [6.07, 6.45) is 194. The van der Waals surface area contributed by atoms with Crippen LogP contribution in [0.4, 0.5) is 0 Å². The van der Waals surface area contributed by atoms with Gasteiger partial charge in [-0.2, -0.15) is 0 Å². The Labute approximate surface area is 892 Å². The Morgan fingerprint density at radius 2 is 0.164 bits per heavy atom. The fourth-order valence-electron chi connectivity index (χ4n) is 24.7. The molecule has 0 aromatic rings. The van der Waals surface area contributed by atoms with E-state index in [1.165, 1.54) is 783 Å². The van der Waals surface area contributed by atoms with Gasteiger partial charge >= 0.3 is 0 Å². The standard InChI is InChI=1S/C140H278/c1-7-13-19-23-27-31-35-39-42-44-46-48-49-52-55-59-64-71-79-86-95-103-111-119-129-138(126-18-12-6)130-120-112-104-96-88-81-73-68-62-63-69-76-84-92-100-108-116-124-132-139(131-121-113-105-97-89-78-70-41-37-33-29-25-21-15-9-3)135-136-140(133-122-114-106-98-90-82-74-66-58-47-45-43-40-36-32-28-24-20-14-8-2)134-123-115-107-99-91-83-75-67-61-57-54-51-50-53-56-60-65-72-80-87-94-102-110-118-128-137(125-17-11-5)127-117-109-101-93-85-77-38-34-30-26-22-16-10-4/h11-12,137-140H,5-10,13-136H2,1-4H3. The molecule has 0 amide bonds. The van der Waals surface area contributed by atoms with Crippen LogP contribution >= 0.6 is 0 Å². The summed E-state index contributed by atoms with van der Waals surface area (Å²) < 4.78 is 0. The summed E-state index contributed by atoms with van der Waals surface area (Å²) in [4.78, 5) is 0. The van der Waals surface area contributed by atoms with E-state index in [0.717, 1.165) is 23.7 Å². The molecule has 0 aliphatic carbocycles. The summed E-state index contributed by atoms with van der Waals surface area (Å²) in [5.74, 6) is 3.90. The smallest absolute Gasteiger partial charge is 0.0351 e. The van der Waals surface area contributed by atoms with Gasteiger partial charge in [-0.25, -0.2) is 0 Å². The van der Waals surface area contributed by atoms with Gasteiger partial charge < -0.3 is 0 Å². The van der Waals surface area contributed by atoms with Crippen LogP contribution in [0.25, 0.3) is 0 Å². The Hall–Kier alpha value is -0.520. The summed E-state index contributed by atoms with van der Waals surface area (Å²) >= 11 is 0. The normalized spacial score (nSPS) is 12.7. The van der Waals surface area contributed by atoms with Crippen LogP contribution in [0.15, 0.2) is 25.3 Å². The van der Waals surface area contributed by atoms with Gasteiger partial charge in [-0.1, -0.05) is 836 Å². The van der Waals surface area contributed by atoms with Crippen LogP contribution in [0.1, 0.15) is 850 Å². The zero-order chi connectivity index (χ0) is 100. The first-order chi connectivity index (χ1) is 69.6. The molecule has 4 atom stereocenters. The van der Waals surface area contributed by atoms with Crippen molar-refractivity contribution in [2.24, 2.45) is 23.7 Å². The van der Waals surface area contributed by atoms with Crippen LogP contribution in [0.3, 0.4) is 0 Å². The van der Waals surface area contributed by atoms with Crippen LogP contribution in [0.5, 0.6) is 0 Å². The fourth-order valence-corrected chi connectivity index (χ4v) is 24.7. The molecule has 0 rings (SSSR count). The summed E-state index contributed by atoms with van der Waals surface area (Å²) in [6.45, 7) is 17.5. The molecule has 0 N–H and O–H groups in total.